The molecule has 0 fully saturated rings. The van der Waals surface area contributed by atoms with Crippen molar-refractivity contribution in [1.82, 2.24) is 20.1 Å². The van der Waals surface area contributed by atoms with Crippen LogP contribution in [-0.2, 0) is 18.7 Å². The fourth-order valence-corrected chi connectivity index (χ4v) is 5.15. The monoisotopic (exact) mass is 292 g/mol. The van der Waals surface area contributed by atoms with E-state index < -0.39 is 0 Å². The summed E-state index contributed by atoms with van der Waals surface area (Å²) in [5, 5.41) is 12.2. The van der Waals surface area contributed by atoms with Crippen LogP contribution in [0.3, 0.4) is 0 Å². The lowest BCUT2D eigenvalue weighted by Crippen LogP contribution is -2.32. The van der Waals surface area contributed by atoms with Crippen molar-refractivity contribution in [3.05, 3.63) is 22.3 Å². The molecule has 0 amide bonds. The van der Waals surface area contributed by atoms with E-state index in [1.165, 1.54) is 22.6 Å². The van der Waals surface area contributed by atoms with Gasteiger partial charge in [-0.1, -0.05) is 0 Å². The molecule has 0 aliphatic carbocycles. The van der Waals surface area contributed by atoms with E-state index in [0.29, 0.717) is 6.04 Å². The molecular weight excluding hydrogens is 276 g/mol. The first-order valence-corrected chi connectivity index (χ1v) is 8.66. The zero-order chi connectivity index (χ0) is 12.8. The van der Waals surface area contributed by atoms with Gasteiger partial charge in [0.05, 0.1) is 10.9 Å². The van der Waals surface area contributed by atoms with Crippen LogP contribution < -0.4 is 5.32 Å². The molecule has 19 heavy (non-hydrogen) atoms. The lowest BCUT2D eigenvalue weighted by molar-refractivity contribution is 0.439. The van der Waals surface area contributed by atoms with E-state index in [9.17, 15) is 0 Å². The van der Waals surface area contributed by atoms with Crippen molar-refractivity contribution >= 4 is 23.1 Å². The molecule has 0 radical (unpaired) electrons. The van der Waals surface area contributed by atoms with Gasteiger partial charge in [-0.2, -0.15) is 11.8 Å². The number of aryl methyl sites for hydroxylation is 1. The highest BCUT2D eigenvalue weighted by Crippen LogP contribution is 2.37. The van der Waals surface area contributed by atoms with Gasteiger partial charge in [0.25, 0.3) is 0 Å². The quantitative estimate of drug-likeness (QED) is 0.877. The Morgan fingerprint density at radius 3 is 3.26 bits per heavy atom. The Hall–Kier alpha value is -0.850. The van der Waals surface area contributed by atoms with Gasteiger partial charge in [-0.25, -0.2) is 0 Å². The number of rotatable bonds is 1. The maximum atomic E-state index is 4.44. The molecule has 1 atom stereocenters. The molecule has 1 N–H and O–H groups in total. The first-order chi connectivity index (χ1) is 9.33. The van der Waals surface area contributed by atoms with Gasteiger partial charge in [-0.3, -0.25) is 0 Å². The maximum Gasteiger partial charge on any atom is 0.174 e. The van der Waals surface area contributed by atoms with Crippen LogP contribution >= 0.6 is 23.1 Å². The van der Waals surface area contributed by atoms with Crippen LogP contribution in [0.4, 0.5) is 0 Å². The Balaban J connectivity index is 1.78. The van der Waals surface area contributed by atoms with E-state index >= 15 is 0 Å². The number of hydrogen-bond acceptors (Lipinski definition) is 5. The lowest BCUT2D eigenvalue weighted by Gasteiger charge is -2.21. The minimum atomic E-state index is 0.306. The van der Waals surface area contributed by atoms with Crippen LogP contribution in [-0.4, -0.2) is 27.1 Å². The summed E-state index contributed by atoms with van der Waals surface area (Å²) in [4.78, 5) is 2.84. The number of thioether (sulfide) groups is 1. The summed E-state index contributed by atoms with van der Waals surface area (Å²) in [5.74, 6) is 4.55. The van der Waals surface area contributed by atoms with E-state index in [4.69, 9.17) is 0 Å². The summed E-state index contributed by atoms with van der Waals surface area (Å²) in [5.41, 5.74) is 1.51. The topological polar surface area (TPSA) is 42.7 Å². The second kappa shape index (κ2) is 4.61. The largest absolute Gasteiger partial charge is 0.308 e. The standard InChI is InChI=1S/C13H16N4S2/c1-8-12-15-16-13(17(12)4-3-14-8)11-6-9-7-18-5-2-10(9)19-11/h6,8,14H,2-5,7H2,1H3. The molecule has 0 bridgehead atoms. The molecule has 6 heteroatoms. The molecule has 0 spiro atoms. The Labute approximate surface area is 120 Å². The van der Waals surface area contributed by atoms with Gasteiger partial charge >= 0.3 is 0 Å². The van der Waals surface area contributed by atoms with Gasteiger partial charge in [0, 0.05) is 23.7 Å². The highest BCUT2D eigenvalue weighted by atomic mass is 32.2. The van der Waals surface area contributed by atoms with Crippen molar-refractivity contribution in [3.63, 3.8) is 0 Å². The molecule has 2 aromatic rings. The fraction of sp³-hybridized carbons (Fsp3) is 0.538. The third-order valence-corrected chi connectivity index (χ3v) is 6.04. The van der Waals surface area contributed by atoms with Crippen molar-refractivity contribution in [2.24, 2.45) is 0 Å². The molecule has 0 aromatic carbocycles. The summed E-state index contributed by atoms with van der Waals surface area (Å²) < 4.78 is 2.28. The summed E-state index contributed by atoms with van der Waals surface area (Å²) in [6.45, 7) is 4.12. The van der Waals surface area contributed by atoms with Gasteiger partial charge < -0.3 is 9.88 Å². The van der Waals surface area contributed by atoms with Crippen LogP contribution in [0.15, 0.2) is 6.07 Å². The van der Waals surface area contributed by atoms with E-state index in [-0.39, 0.29) is 0 Å². The lowest BCUT2D eigenvalue weighted by atomic mass is 10.2. The molecule has 4 heterocycles. The van der Waals surface area contributed by atoms with Crippen LogP contribution in [0.25, 0.3) is 10.7 Å². The first-order valence-electron chi connectivity index (χ1n) is 6.69. The predicted octanol–water partition coefficient (Wildman–Crippen LogP) is 2.46. The highest BCUT2D eigenvalue weighted by Gasteiger charge is 2.24. The predicted molar refractivity (Wildman–Crippen MR) is 79.6 cm³/mol. The molecule has 4 rings (SSSR count). The average molecular weight is 292 g/mol. The van der Waals surface area contributed by atoms with Crippen LogP contribution in [0.5, 0.6) is 0 Å². The van der Waals surface area contributed by atoms with Crippen molar-refractivity contribution in [3.8, 4) is 10.7 Å². The summed E-state index contributed by atoms with van der Waals surface area (Å²) >= 11 is 3.94. The molecule has 1 unspecified atom stereocenters. The third-order valence-electron chi connectivity index (χ3n) is 3.80. The number of thiophene rings is 1. The van der Waals surface area contributed by atoms with Gasteiger partial charge in [0.15, 0.2) is 5.82 Å². The Morgan fingerprint density at radius 2 is 2.37 bits per heavy atom. The van der Waals surface area contributed by atoms with Crippen molar-refractivity contribution in [1.29, 1.82) is 0 Å². The second-order valence-corrected chi connectivity index (χ2v) is 7.31. The average Bonchev–Trinajstić information content (AvgIpc) is 3.02. The number of hydrogen-bond donors (Lipinski definition) is 1. The third kappa shape index (κ3) is 1.93. The van der Waals surface area contributed by atoms with Crippen LogP contribution in [0.1, 0.15) is 29.2 Å². The summed E-state index contributed by atoms with van der Waals surface area (Å²) in [7, 11) is 0. The zero-order valence-corrected chi connectivity index (χ0v) is 12.5. The minimum absolute atomic E-state index is 0.306. The molecule has 2 aliphatic rings. The molecule has 2 aromatic heterocycles. The number of nitrogens with one attached hydrogen (secondary N) is 1. The number of fused-ring (bicyclic) bond motifs is 2. The zero-order valence-electron chi connectivity index (χ0n) is 10.8. The Kier molecular flexibility index (Phi) is 2.90. The first kappa shape index (κ1) is 11.9. The van der Waals surface area contributed by atoms with Gasteiger partial charge in [-0.05, 0) is 30.7 Å². The highest BCUT2D eigenvalue weighted by molar-refractivity contribution is 7.98. The Morgan fingerprint density at radius 1 is 1.42 bits per heavy atom. The van der Waals surface area contributed by atoms with Gasteiger partial charge in [0.2, 0.25) is 0 Å². The second-order valence-electron chi connectivity index (χ2n) is 5.07. The van der Waals surface area contributed by atoms with E-state index in [0.717, 1.165) is 30.5 Å². The number of aromatic nitrogens is 3. The van der Waals surface area contributed by atoms with E-state index in [1.54, 1.807) is 4.88 Å². The van der Waals surface area contributed by atoms with Crippen LogP contribution in [0.2, 0.25) is 0 Å². The maximum absolute atomic E-state index is 4.44. The molecular formula is C13H16N4S2. The van der Waals surface area contributed by atoms with Crippen molar-refractivity contribution in [2.75, 3.05) is 12.3 Å². The Bertz CT molecular complexity index is 593. The summed E-state index contributed by atoms with van der Waals surface area (Å²) in [6, 6.07) is 2.64. The molecule has 0 saturated heterocycles. The molecule has 4 nitrogen and oxygen atoms in total. The normalized spacial score (nSPS) is 22.1. The summed E-state index contributed by atoms with van der Waals surface area (Å²) in [6.07, 6.45) is 1.21. The minimum Gasteiger partial charge on any atom is -0.308 e. The van der Waals surface area contributed by atoms with Crippen molar-refractivity contribution < 1.29 is 0 Å². The number of nitrogens with zero attached hydrogens (tertiary/aromatic N) is 3. The molecule has 2 aliphatic heterocycles. The van der Waals surface area contributed by atoms with Crippen molar-refractivity contribution in [2.45, 2.75) is 31.7 Å². The SMILES string of the molecule is CC1NCCn2c(-c3cc4c(s3)CCSC4)nnc21. The smallest absolute Gasteiger partial charge is 0.174 e. The van der Waals surface area contributed by atoms with Gasteiger partial charge in [0.1, 0.15) is 5.82 Å². The van der Waals surface area contributed by atoms with Gasteiger partial charge in [-0.15, -0.1) is 21.5 Å². The van der Waals surface area contributed by atoms with Crippen LogP contribution in [0, 0.1) is 0 Å². The molecule has 100 valence electrons. The van der Waals surface area contributed by atoms with E-state index in [2.05, 4.69) is 33.1 Å². The van der Waals surface area contributed by atoms with E-state index in [1.807, 2.05) is 23.1 Å². The fourth-order valence-electron chi connectivity index (χ4n) is 2.78. The molecule has 0 saturated carbocycles.